The van der Waals surface area contributed by atoms with Crippen molar-refractivity contribution >= 4 is 10.8 Å². The van der Waals surface area contributed by atoms with Gasteiger partial charge in [0.05, 0.1) is 12.5 Å². The number of nitriles is 1. The van der Waals surface area contributed by atoms with Gasteiger partial charge in [-0.25, -0.2) is 0 Å². The van der Waals surface area contributed by atoms with E-state index in [2.05, 4.69) is 18.2 Å². The van der Waals surface area contributed by atoms with Crippen molar-refractivity contribution in [3.05, 3.63) is 48.0 Å². The van der Waals surface area contributed by atoms with Crippen LogP contribution in [0.15, 0.2) is 42.5 Å². The zero-order valence-electron chi connectivity index (χ0n) is 8.35. The average molecular weight is 196 g/mol. The zero-order valence-corrected chi connectivity index (χ0v) is 8.35. The van der Waals surface area contributed by atoms with E-state index in [0.717, 1.165) is 10.9 Å². The molecule has 2 heteroatoms. The number of hydrogen-bond donors (Lipinski definition) is 1. The summed E-state index contributed by atoms with van der Waals surface area (Å²) < 4.78 is 0. The van der Waals surface area contributed by atoms with Gasteiger partial charge in [-0.1, -0.05) is 42.5 Å². The van der Waals surface area contributed by atoms with E-state index in [1.165, 1.54) is 5.39 Å². The van der Waals surface area contributed by atoms with E-state index in [0.29, 0.717) is 6.42 Å². The van der Waals surface area contributed by atoms with Gasteiger partial charge in [0.1, 0.15) is 0 Å². The van der Waals surface area contributed by atoms with Crippen LogP contribution in [0.1, 0.15) is 18.0 Å². The summed E-state index contributed by atoms with van der Waals surface area (Å²) >= 11 is 0. The van der Waals surface area contributed by atoms with Crippen LogP contribution in [0.2, 0.25) is 0 Å². The van der Waals surface area contributed by atoms with E-state index < -0.39 is 0 Å². The van der Waals surface area contributed by atoms with Crippen LogP contribution in [0, 0.1) is 11.3 Å². The first-order valence-corrected chi connectivity index (χ1v) is 4.93. The normalized spacial score (nSPS) is 12.3. The van der Waals surface area contributed by atoms with Crippen LogP contribution in [0.4, 0.5) is 0 Å². The first kappa shape index (κ1) is 9.70. The first-order chi connectivity index (χ1) is 7.33. The van der Waals surface area contributed by atoms with Crippen molar-refractivity contribution in [1.29, 1.82) is 5.26 Å². The van der Waals surface area contributed by atoms with Crippen LogP contribution < -0.4 is 5.73 Å². The average Bonchev–Trinajstić information content (AvgIpc) is 2.28. The second kappa shape index (κ2) is 4.12. The van der Waals surface area contributed by atoms with E-state index in [1.54, 1.807) is 0 Å². The number of fused-ring (bicyclic) bond motifs is 1. The number of rotatable bonds is 2. The minimum atomic E-state index is -0.193. The molecule has 0 saturated heterocycles. The second-order valence-corrected chi connectivity index (χ2v) is 3.54. The molecule has 0 aliphatic heterocycles. The third-order valence-corrected chi connectivity index (χ3v) is 2.53. The third kappa shape index (κ3) is 1.83. The van der Waals surface area contributed by atoms with Gasteiger partial charge in [0, 0.05) is 6.04 Å². The Morgan fingerprint density at radius 3 is 2.67 bits per heavy atom. The number of nitrogens with two attached hydrogens (primary N) is 1. The van der Waals surface area contributed by atoms with Crippen molar-refractivity contribution in [2.24, 2.45) is 5.73 Å². The predicted molar refractivity (Wildman–Crippen MR) is 61.1 cm³/mol. The maximum atomic E-state index is 8.64. The topological polar surface area (TPSA) is 49.8 Å². The summed E-state index contributed by atoms with van der Waals surface area (Å²) in [5.74, 6) is 0. The zero-order chi connectivity index (χ0) is 10.7. The van der Waals surface area contributed by atoms with Gasteiger partial charge in [-0.3, -0.25) is 0 Å². The fourth-order valence-electron chi connectivity index (χ4n) is 1.78. The summed E-state index contributed by atoms with van der Waals surface area (Å²) in [6, 6.07) is 16.0. The van der Waals surface area contributed by atoms with Crippen LogP contribution >= 0.6 is 0 Å². The number of benzene rings is 2. The van der Waals surface area contributed by atoms with Crippen LogP contribution in [0.5, 0.6) is 0 Å². The molecule has 0 amide bonds. The molecule has 0 fully saturated rings. The van der Waals surface area contributed by atoms with Gasteiger partial charge >= 0.3 is 0 Å². The van der Waals surface area contributed by atoms with Crippen LogP contribution in [-0.2, 0) is 0 Å². The van der Waals surface area contributed by atoms with Crippen LogP contribution in [0.25, 0.3) is 10.8 Å². The Bertz CT molecular complexity index is 506. The molecule has 1 atom stereocenters. The molecule has 2 aromatic rings. The minimum absolute atomic E-state index is 0.193. The Kier molecular flexibility index (Phi) is 2.66. The SMILES string of the molecule is N#CC[C@H](N)c1cccc2ccccc12. The lowest BCUT2D eigenvalue weighted by atomic mass is 9.98. The molecule has 2 aromatic carbocycles. The molecule has 2 N–H and O–H groups in total. The van der Waals surface area contributed by atoms with E-state index >= 15 is 0 Å². The Hall–Kier alpha value is -1.85. The smallest absolute Gasteiger partial charge is 0.0641 e. The molecule has 0 radical (unpaired) electrons. The van der Waals surface area contributed by atoms with Crippen molar-refractivity contribution in [2.45, 2.75) is 12.5 Å². The first-order valence-electron chi connectivity index (χ1n) is 4.93. The monoisotopic (exact) mass is 196 g/mol. The van der Waals surface area contributed by atoms with Gasteiger partial charge in [0.2, 0.25) is 0 Å². The van der Waals surface area contributed by atoms with E-state index in [4.69, 9.17) is 11.0 Å². The van der Waals surface area contributed by atoms with Gasteiger partial charge < -0.3 is 5.73 Å². The van der Waals surface area contributed by atoms with E-state index in [1.807, 2.05) is 30.3 Å². The molecule has 74 valence electrons. The fourth-order valence-corrected chi connectivity index (χ4v) is 1.78. The predicted octanol–water partition coefficient (Wildman–Crippen LogP) is 2.75. The fraction of sp³-hybridized carbons (Fsp3) is 0.154. The maximum absolute atomic E-state index is 8.64. The Balaban J connectivity index is 2.56. The van der Waals surface area contributed by atoms with Crippen molar-refractivity contribution in [1.82, 2.24) is 0 Å². The lowest BCUT2D eigenvalue weighted by Gasteiger charge is -2.11. The second-order valence-electron chi connectivity index (χ2n) is 3.54. The molecule has 0 saturated carbocycles. The van der Waals surface area contributed by atoms with Crippen molar-refractivity contribution in [3.8, 4) is 6.07 Å². The minimum Gasteiger partial charge on any atom is -0.323 e. The summed E-state index contributed by atoms with van der Waals surface area (Å²) in [6.45, 7) is 0. The number of hydrogen-bond acceptors (Lipinski definition) is 2. The summed E-state index contributed by atoms with van der Waals surface area (Å²) in [5.41, 5.74) is 7.00. The molecule has 15 heavy (non-hydrogen) atoms. The molecule has 0 heterocycles. The van der Waals surface area contributed by atoms with Gasteiger partial charge in [0.25, 0.3) is 0 Å². The highest BCUT2D eigenvalue weighted by atomic mass is 14.6. The van der Waals surface area contributed by atoms with Crippen molar-refractivity contribution < 1.29 is 0 Å². The quantitative estimate of drug-likeness (QED) is 0.802. The molecular weight excluding hydrogens is 184 g/mol. The van der Waals surface area contributed by atoms with Gasteiger partial charge in [-0.2, -0.15) is 5.26 Å². The summed E-state index contributed by atoms with van der Waals surface area (Å²) in [6.07, 6.45) is 0.355. The summed E-state index contributed by atoms with van der Waals surface area (Å²) in [5, 5.41) is 11.0. The molecule has 2 rings (SSSR count). The largest absolute Gasteiger partial charge is 0.323 e. The van der Waals surface area contributed by atoms with Crippen molar-refractivity contribution in [3.63, 3.8) is 0 Å². The Morgan fingerprint density at radius 2 is 1.87 bits per heavy atom. The highest BCUT2D eigenvalue weighted by molar-refractivity contribution is 5.86. The third-order valence-electron chi connectivity index (χ3n) is 2.53. The van der Waals surface area contributed by atoms with Gasteiger partial charge in [-0.05, 0) is 16.3 Å². The maximum Gasteiger partial charge on any atom is 0.0641 e. The van der Waals surface area contributed by atoms with Gasteiger partial charge in [-0.15, -0.1) is 0 Å². The standard InChI is InChI=1S/C13H12N2/c14-9-8-13(15)12-7-3-5-10-4-1-2-6-11(10)12/h1-7,13H,8,15H2/t13-/m0/s1. The highest BCUT2D eigenvalue weighted by Gasteiger charge is 2.08. The molecule has 0 spiro atoms. The van der Waals surface area contributed by atoms with E-state index in [-0.39, 0.29) is 6.04 Å². The molecule has 0 bridgehead atoms. The molecule has 0 aromatic heterocycles. The molecule has 0 unspecified atom stereocenters. The van der Waals surface area contributed by atoms with Crippen molar-refractivity contribution in [2.75, 3.05) is 0 Å². The molecular formula is C13H12N2. The molecule has 2 nitrogen and oxygen atoms in total. The lowest BCUT2D eigenvalue weighted by molar-refractivity contribution is 0.755. The van der Waals surface area contributed by atoms with Gasteiger partial charge in [0.15, 0.2) is 0 Å². The lowest BCUT2D eigenvalue weighted by Crippen LogP contribution is -2.09. The van der Waals surface area contributed by atoms with Crippen LogP contribution in [0.3, 0.4) is 0 Å². The summed E-state index contributed by atoms with van der Waals surface area (Å²) in [4.78, 5) is 0. The Labute approximate surface area is 88.9 Å². The van der Waals surface area contributed by atoms with E-state index in [9.17, 15) is 0 Å². The molecule has 0 aliphatic rings. The Morgan fingerprint density at radius 1 is 1.13 bits per heavy atom. The highest BCUT2D eigenvalue weighted by Crippen LogP contribution is 2.24. The number of nitrogens with zero attached hydrogens (tertiary/aromatic N) is 1. The van der Waals surface area contributed by atoms with Crippen LogP contribution in [-0.4, -0.2) is 0 Å². The summed E-state index contributed by atoms with van der Waals surface area (Å²) in [7, 11) is 0. The molecule has 0 aliphatic carbocycles.